The standard InChI is InChI=1S/C21H25N3O2/c1-14(2)16(4)22-21(25)17-7-9-19(10-8-17)26-13-18-12-24-11-5-6-15(3)20(24)23-18/h5-12,14,16H,13H2,1-4H3,(H,22,25). The van der Waals surface area contributed by atoms with Crippen LogP contribution in [0.15, 0.2) is 48.8 Å². The van der Waals surface area contributed by atoms with E-state index in [1.807, 2.05) is 54.9 Å². The second-order valence-electron chi connectivity index (χ2n) is 6.97. The molecule has 1 N–H and O–H groups in total. The van der Waals surface area contributed by atoms with Crippen LogP contribution in [-0.4, -0.2) is 21.3 Å². The van der Waals surface area contributed by atoms with Gasteiger partial charge in [0.25, 0.3) is 5.91 Å². The highest BCUT2D eigenvalue weighted by Gasteiger charge is 2.12. The summed E-state index contributed by atoms with van der Waals surface area (Å²) < 4.78 is 7.81. The van der Waals surface area contributed by atoms with Crippen LogP contribution in [-0.2, 0) is 6.61 Å². The minimum atomic E-state index is -0.0615. The quantitative estimate of drug-likeness (QED) is 0.730. The molecule has 0 spiro atoms. The molecule has 136 valence electrons. The molecule has 1 unspecified atom stereocenters. The molecule has 0 radical (unpaired) electrons. The molecule has 0 saturated carbocycles. The highest BCUT2D eigenvalue weighted by atomic mass is 16.5. The lowest BCUT2D eigenvalue weighted by Crippen LogP contribution is -2.36. The van der Waals surface area contributed by atoms with Gasteiger partial charge in [0.15, 0.2) is 0 Å². The molecule has 3 rings (SSSR count). The van der Waals surface area contributed by atoms with E-state index in [9.17, 15) is 4.79 Å². The Hall–Kier alpha value is -2.82. The van der Waals surface area contributed by atoms with Crippen molar-refractivity contribution in [3.63, 3.8) is 0 Å². The summed E-state index contributed by atoms with van der Waals surface area (Å²) in [6.45, 7) is 8.61. The van der Waals surface area contributed by atoms with Crippen LogP contribution in [0.5, 0.6) is 5.75 Å². The second kappa shape index (κ2) is 7.60. The van der Waals surface area contributed by atoms with E-state index in [-0.39, 0.29) is 11.9 Å². The third kappa shape index (κ3) is 4.04. The summed E-state index contributed by atoms with van der Waals surface area (Å²) >= 11 is 0. The van der Waals surface area contributed by atoms with Crippen molar-refractivity contribution < 1.29 is 9.53 Å². The normalized spacial score (nSPS) is 12.3. The van der Waals surface area contributed by atoms with Gasteiger partial charge in [0.1, 0.15) is 18.0 Å². The van der Waals surface area contributed by atoms with Crippen molar-refractivity contribution in [1.29, 1.82) is 0 Å². The number of imidazole rings is 1. The molecular formula is C21H25N3O2. The van der Waals surface area contributed by atoms with E-state index >= 15 is 0 Å². The molecule has 0 fully saturated rings. The Labute approximate surface area is 154 Å². The van der Waals surface area contributed by atoms with E-state index in [0.29, 0.717) is 23.8 Å². The summed E-state index contributed by atoms with van der Waals surface area (Å²) in [5, 5.41) is 3.00. The predicted molar refractivity (Wildman–Crippen MR) is 102 cm³/mol. The minimum Gasteiger partial charge on any atom is -0.487 e. The number of nitrogens with zero attached hydrogens (tertiary/aromatic N) is 2. The van der Waals surface area contributed by atoms with Crippen LogP contribution in [0.25, 0.3) is 5.65 Å². The van der Waals surface area contributed by atoms with Gasteiger partial charge in [0, 0.05) is 24.0 Å². The SMILES string of the molecule is Cc1cccn2cc(COc3ccc(C(=O)NC(C)C(C)C)cc3)nc12. The van der Waals surface area contributed by atoms with Crippen LogP contribution in [0, 0.1) is 12.8 Å². The molecule has 5 nitrogen and oxygen atoms in total. The van der Waals surface area contributed by atoms with Gasteiger partial charge in [-0.1, -0.05) is 19.9 Å². The van der Waals surface area contributed by atoms with Crippen LogP contribution < -0.4 is 10.1 Å². The Morgan fingerprint density at radius 1 is 1.19 bits per heavy atom. The number of nitrogens with one attached hydrogen (secondary N) is 1. The number of aryl methyl sites for hydroxylation is 1. The van der Waals surface area contributed by atoms with E-state index < -0.39 is 0 Å². The van der Waals surface area contributed by atoms with Crippen molar-refractivity contribution in [2.24, 2.45) is 5.92 Å². The van der Waals surface area contributed by atoms with Crippen LogP contribution in [0.2, 0.25) is 0 Å². The number of benzene rings is 1. The van der Waals surface area contributed by atoms with Crippen molar-refractivity contribution in [1.82, 2.24) is 14.7 Å². The molecule has 2 heterocycles. The predicted octanol–water partition coefficient (Wildman–Crippen LogP) is 4.00. The summed E-state index contributed by atoms with van der Waals surface area (Å²) in [5.74, 6) is 1.05. The molecule has 2 aromatic heterocycles. The number of pyridine rings is 1. The molecule has 0 bridgehead atoms. The lowest BCUT2D eigenvalue weighted by Gasteiger charge is -2.17. The fourth-order valence-corrected chi connectivity index (χ4v) is 2.59. The molecule has 0 aliphatic rings. The zero-order valence-corrected chi connectivity index (χ0v) is 15.7. The van der Waals surface area contributed by atoms with Gasteiger partial charge in [0.05, 0.1) is 5.69 Å². The van der Waals surface area contributed by atoms with E-state index in [1.165, 1.54) is 0 Å². The Morgan fingerprint density at radius 3 is 2.58 bits per heavy atom. The second-order valence-corrected chi connectivity index (χ2v) is 6.97. The molecule has 3 aromatic rings. The number of carbonyl (C=O) groups excluding carboxylic acids is 1. The first-order valence-corrected chi connectivity index (χ1v) is 8.91. The molecule has 0 aliphatic heterocycles. The molecule has 5 heteroatoms. The maximum Gasteiger partial charge on any atom is 0.251 e. The van der Waals surface area contributed by atoms with Gasteiger partial charge in [0.2, 0.25) is 0 Å². The number of aromatic nitrogens is 2. The van der Waals surface area contributed by atoms with Crippen molar-refractivity contribution in [2.45, 2.75) is 40.3 Å². The number of carbonyl (C=O) groups is 1. The monoisotopic (exact) mass is 351 g/mol. The van der Waals surface area contributed by atoms with E-state index in [2.05, 4.69) is 24.1 Å². The molecule has 0 saturated heterocycles. The van der Waals surface area contributed by atoms with Crippen molar-refractivity contribution in [3.8, 4) is 5.75 Å². The van der Waals surface area contributed by atoms with Crippen LogP contribution >= 0.6 is 0 Å². The first-order chi connectivity index (χ1) is 12.4. The summed E-state index contributed by atoms with van der Waals surface area (Å²) in [5.41, 5.74) is 3.57. The smallest absolute Gasteiger partial charge is 0.251 e. The summed E-state index contributed by atoms with van der Waals surface area (Å²) in [7, 11) is 0. The van der Waals surface area contributed by atoms with E-state index in [0.717, 1.165) is 16.9 Å². The Balaban J connectivity index is 1.62. The Kier molecular flexibility index (Phi) is 5.26. The number of hydrogen-bond acceptors (Lipinski definition) is 3. The molecule has 1 atom stereocenters. The number of hydrogen-bond donors (Lipinski definition) is 1. The maximum atomic E-state index is 12.2. The number of fused-ring (bicyclic) bond motifs is 1. The number of ether oxygens (including phenoxy) is 1. The van der Waals surface area contributed by atoms with Crippen LogP contribution in [0.1, 0.15) is 42.4 Å². The van der Waals surface area contributed by atoms with Crippen molar-refractivity contribution in [2.75, 3.05) is 0 Å². The van der Waals surface area contributed by atoms with Gasteiger partial charge < -0.3 is 14.5 Å². The number of rotatable bonds is 6. The molecule has 1 amide bonds. The molecular weight excluding hydrogens is 326 g/mol. The highest BCUT2D eigenvalue weighted by Crippen LogP contribution is 2.16. The van der Waals surface area contributed by atoms with Gasteiger partial charge >= 0.3 is 0 Å². The first kappa shape index (κ1) is 18.0. The lowest BCUT2D eigenvalue weighted by atomic mass is 10.1. The Bertz CT molecular complexity index is 897. The van der Waals surface area contributed by atoms with Gasteiger partial charge in [-0.05, 0) is 55.7 Å². The molecule has 26 heavy (non-hydrogen) atoms. The van der Waals surface area contributed by atoms with Gasteiger partial charge in [-0.3, -0.25) is 4.79 Å². The highest BCUT2D eigenvalue weighted by molar-refractivity contribution is 5.94. The van der Waals surface area contributed by atoms with Crippen LogP contribution in [0.3, 0.4) is 0 Å². The largest absolute Gasteiger partial charge is 0.487 e. The van der Waals surface area contributed by atoms with Crippen molar-refractivity contribution in [3.05, 3.63) is 65.6 Å². The first-order valence-electron chi connectivity index (χ1n) is 8.91. The Morgan fingerprint density at radius 2 is 1.92 bits per heavy atom. The van der Waals surface area contributed by atoms with Gasteiger partial charge in [-0.2, -0.15) is 0 Å². The third-order valence-electron chi connectivity index (χ3n) is 4.59. The number of amides is 1. The maximum absolute atomic E-state index is 12.2. The summed E-state index contributed by atoms with van der Waals surface area (Å²) in [4.78, 5) is 16.8. The summed E-state index contributed by atoms with van der Waals surface area (Å²) in [6.07, 6.45) is 3.95. The zero-order valence-electron chi connectivity index (χ0n) is 15.7. The third-order valence-corrected chi connectivity index (χ3v) is 4.59. The van der Waals surface area contributed by atoms with Gasteiger partial charge in [-0.25, -0.2) is 4.98 Å². The van der Waals surface area contributed by atoms with Crippen molar-refractivity contribution >= 4 is 11.6 Å². The van der Waals surface area contributed by atoms with Crippen LogP contribution in [0.4, 0.5) is 0 Å². The fraction of sp³-hybridized carbons (Fsp3) is 0.333. The van der Waals surface area contributed by atoms with Gasteiger partial charge in [-0.15, -0.1) is 0 Å². The fourth-order valence-electron chi connectivity index (χ4n) is 2.59. The van der Waals surface area contributed by atoms with E-state index in [4.69, 9.17) is 4.74 Å². The average molecular weight is 351 g/mol. The average Bonchev–Trinajstić information content (AvgIpc) is 3.05. The minimum absolute atomic E-state index is 0.0615. The van der Waals surface area contributed by atoms with E-state index in [1.54, 1.807) is 12.1 Å². The topological polar surface area (TPSA) is 55.6 Å². The zero-order chi connectivity index (χ0) is 18.7. The molecule has 1 aromatic carbocycles. The molecule has 0 aliphatic carbocycles. The summed E-state index contributed by atoms with van der Waals surface area (Å²) in [6, 6.07) is 11.4. The lowest BCUT2D eigenvalue weighted by molar-refractivity contribution is 0.0930.